The Hall–Kier alpha value is -8.25. The second-order valence-corrected chi connectivity index (χ2v) is 39.8. The fourth-order valence-corrected chi connectivity index (χ4v) is 37.6. The predicted octanol–water partition coefficient (Wildman–Crippen LogP) is 14.6. The fraction of sp³-hybridized carbons (Fsp3) is 0. The Bertz CT molecular complexity index is 4340. The Morgan fingerprint density at radius 2 is 0.415 bits per heavy atom. The van der Waals surface area contributed by atoms with Crippen LogP contribution in [0.25, 0.3) is 0 Å². The van der Waals surface area contributed by atoms with Crippen molar-refractivity contribution >= 4 is 129 Å². The molecule has 2 nitrogen and oxygen atoms in total. The molecule has 0 saturated carbocycles. The van der Waals surface area contributed by atoms with Crippen molar-refractivity contribution in [2.24, 2.45) is 4.52 Å². The van der Waals surface area contributed by atoms with E-state index >= 15 is 0 Å². The summed E-state index contributed by atoms with van der Waals surface area (Å²) in [5.41, 5.74) is 0. The molecule has 0 radical (unpaired) electrons. The summed E-state index contributed by atoms with van der Waals surface area (Å²) in [7, 11) is -7.54. The molecule has 0 unspecified atom stereocenters. The molecule has 0 fully saturated rings. The number of benzene rings is 14. The summed E-state index contributed by atoms with van der Waals surface area (Å²) < 4.78 is 12.6. The normalized spacial score (nSPS) is 11.2. The third-order valence-corrected chi connectivity index (χ3v) is 39.6. The highest BCUT2D eigenvalue weighted by Crippen LogP contribution is 2.73. The minimum absolute atomic E-state index is 0. The van der Waals surface area contributed by atoms with E-state index in [1.165, 1.54) is 74.3 Å². The average molecular weight is 1360 g/mol. The van der Waals surface area contributed by atoms with Gasteiger partial charge in [-0.3, -0.25) is 4.52 Å². The molecule has 0 saturated heterocycles. The van der Waals surface area contributed by atoms with Gasteiger partial charge in [0.2, 0.25) is 0 Å². The number of hydrogen-bond donors (Lipinski definition) is 0. The van der Waals surface area contributed by atoms with Crippen molar-refractivity contribution in [2.45, 2.75) is 0 Å². The van der Waals surface area contributed by atoms with Gasteiger partial charge in [0.1, 0.15) is 0 Å². The van der Waals surface area contributed by atoms with Crippen LogP contribution in [0, 0.1) is 0 Å². The maximum absolute atomic E-state index is 6.69. The first kappa shape index (κ1) is 67.2. The summed E-state index contributed by atoms with van der Waals surface area (Å²) >= 11 is 6.40. The van der Waals surface area contributed by atoms with Gasteiger partial charge in [-0.05, 0) is 81.9 Å². The lowest BCUT2D eigenvalue weighted by Gasteiger charge is -2.29. The second-order valence-electron chi connectivity index (χ2n) is 21.7. The first-order valence-electron chi connectivity index (χ1n) is 31.0. The largest absolute Gasteiger partial charge is 1.00 e. The molecule has 0 N–H and O–H groups in total. The first-order valence-corrected chi connectivity index (χ1v) is 41.9. The Morgan fingerprint density at radius 3 is 0.660 bits per heavy atom. The molecule has 460 valence electrons. The van der Waals surface area contributed by atoms with Gasteiger partial charge in [0.05, 0.1) is 56.5 Å². The molecule has 0 spiro atoms. The monoisotopic (exact) mass is 1360 g/mol. The van der Waals surface area contributed by atoms with Gasteiger partial charge < -0.3 is 12.4 Å². The van der Waals surface area contributed by atoms with E-state index in [1.54, 1.807) is 0 Å². The Kier molecular flexibility index (Phi) is 24.1. The summed E-state index contributed by atoms with van der Waals surface area (Å²) in [5.74, 6) is 0. The maximum atomic E-state index is 6.69. The van der Waals surface area contributed by atoms with E-state index in [0.717, 1.165) is 0 Å². The number of nitrogens with zero attached hydrogens (tertiary/aromatic N) is 2. The van der Waals surface area contributed by atoms with Gasteiger partial charge in [-0.15, -0.1) is 4.17 Å². The summed E-state index contributed by atoms with van der Waals surface area (Å²) in [5, 5.41) is 17.8. The molecule has 14 rings (SSSR count). The third-order valence-electron chi connectivity index (χ3n) is 15.8. The van der Waals surface area contributed by atoms with Crippen LogP contribution in [0.3, 0.4) is 0 Å². The zero-order valence-corrected chi connectivity index (χ0v) is 58.6. The molecular formula is C84H70Cl2N2P6. The number of halogens is 2. The van der Waals surface area contributed by atoms with Crippen molar-refractivity contribution in [1.82, 2.24) is 4.17 Å². The molecule has 94 heavy (non-hydrogen) atoms. The molecule has 0 atom stereocenters. The smallest absolute Gasteiger partial charge is 0.301 e. The fourth-order valence-electron chi connectivity index (χ4n) is 11.5. The highest BCUT2D eigenvalue weighted by Gasteiger charge is 2.49. The van der Waals surface area contributed by atoms with Gasteiger partial charge in [-0.2, -0.15) is 0 Å². The Morgan fingerprint density at radius 1 is 0.223 bits per heavy atom. The zero-order valence-electron chi connectivity index (χ0n) is 51.7. The minimum atomic E-state index is -2.63. The van der Waals surface area contributed by atoms with Crippen molar-refractivity contribution in [3.8, 4) is 0 Å². The van der Waals surface area contributed by atoms with Crippen molar-refractivity contribution in [2.75, 3.05) is 0 Å². The molecule has 0 bridgehead atoms. The summed E-state index contributed by atoms with van der Waals surface area (Å²) in [6, 6.07) is 152. The molecular weight excluding hydrogens is 1290 g/mol. The Labute approximate surface area is 570 Å². The SMILES string of the molecule is ClP(c1ccccc1)c1ccccc1.[Cl-].c1ccc(P(N=P(c2ccccc2)(c2ccccc2)c2ccccc2)c2ccccc2)cc1.c1ccc(P(c2ccccc2)P(=[N+]=P(c2ccccc2)(c2ccccc2)c2ccccc2)(c2ccccc2)c2ccccc2)cc1. The van der Waals surface area contributed by atoms with Crippen molar-refractivity contribution < 1.29 is 12.4 Å². The molecule has 10 heteroatoms. The second kappa shape index (κ2) is 33.7. The van der Waals surface area contributed by atoms with E-state index < -0.39 is 43.8 Å². The van der Waals surface area contributed by atoms with E-state index in [1.807, 2.05) is 36.4 Å². The summed E-state index contributed by atoms with van der Waals surface area (Å²) in [4.78, 5) is 0. The summed E-state index contributed by atoms with van der Waals surface area (Å²) in [6.45, 7) is -2.63. The molecule has 0 aromatic heterocycles. The van der Waals surface area contributed by atoms with Gasteiger partial charge >= 0.3 is 7.05 Å². The molecule has 0 aliphatic carbocycles. The highest BCUT2D eigenvalue weighted by atomic mass is 35.7. The zero-order chi connectivity index (χ0) is 63.2. The van der Waals surface area contributed by atoms with Gasteiger partial charge in [-0.1, -0.05) is 375 Å². The quantitative estimate of drug-likeness (QED) is 0.0681. The van der Waals surface area contributed by atoms with Gasteiger partial charge in [0, 0.05) is 26.5 Å². The van der Waals surface area contributed by atoms with Crippen molar-refractivity contribution in [3.05, 3.63) is 425 Å². The first-order chi connectivity index (χ1) is 46.1. The van der Waals surface area contributed by atoms with E-state index in [4.69, 9.17) is 19.9 Å². The molecule has 14 aromatic rings. The van der Waals surface area contributed by atoms with Crippen molar-refractivity contribution in [1.29, 1.82) is 0 Å². The van der Waals surface area contributed by atoms with Crippen LogP contribution in [0.15, 0.2) is 429 Å². The van der Waals surface area contributed by atoms with Crippen LogP contribution >= 0.6 is 55.0 Å². The highest BCUT2D eigenvalue weighted by molar-refractivity contribution is 8.45. The lowest BCUT2D eigenvalue weighted by atomic mass is 10.4. The van der Waals surface area contributed by atoms with Crippen LogP contribution in [-0.4, -0.2) is 0 Å². The molecule has 0 amide bonds. The standard InChI is InChI=1S/C42H35NP3.C30H25NP2.C12H10ClP.ClH/c1-8-22-36(23-9-1)44(37-24-10-2-11-25-37)46(41-32-18-6-19-33-41,42-34-20-7-21-35-42)43-45(38-26-12-3-13-27-38,39-28-14-4-15-29-39)40-30-16-5-17-31-40;1-6-16-26(17-7-1)32(27-18-8-2-9-19-27)31-33(28-20-10-3-11-21-28,29-22-12-4-13-23-29)30-24-14-5-15-25-30;13-14(11-7-3-1-4-8-11)12-9-5-2-6-10-12;/h1-35H;1-25H;1-10H;1H/q+1;;;/p-1. The van der Waals surface area contributed by atoms with Crippen LogP contribution in [-0.2, 0) is 0 Å². The predicted molar refractivity (Wildman–Crippen MR) is 417 cm³/mol. The van der Waals surface area contributed by atoms with Gasteiger partial charge in [-0.25, -0.2) is 0 Å². The number of rotatable bonds is 16. The molecule has 14 aromatic carbocycles. The topological polar surface area (TPSA) is 26.5 Å². The summed E-state index contributed by atoms with van der Waals surface area (Å²) in [6.07, 6.45) is 0. The third kappa shape index (κ3) is 15.4. The average Bonchev–Trinajstić information content (AvgIpc) is 0.717. The van der Waals surface area contributed by atoms with Crippen LogP contribution in [0.2, 0.25) is 0 Å². The lowest BCUT2D eigenvalue weighted by molar-refractivity contribution is -0.0000174. The van der Waals surface area contributed by atoms with Crippen LogP contribution in [0.4, 0.5) is 0 Å². The molecule has 0 aliphatic heterocycles. The van der Waals surface area contributed by atoms with E-state index in [0.29, 0.717) is 0 Å². The van der Waals surface area contributed by atoms with Crippen LogP contribution in [0.1, 0.15) is 0 Å². The Balaban J connectivity index is 0.000000163. The van der Waals surface area contributed by atoms with Crippen LogP contribution in [0.5, 0.6) is 0 Å². The van der Waals surface area contributed by atoms with Crippen molar-refractivity contribution in [3.63, 3.8) is 0 Å². The minimum Gasteiger partial charge on any atom is -1.00 e. The van der Waals surface area contributed by atoms with Crippen LogP contribution < -0.4 is 90.8 Å². The lowest BCUT2D eigenvalue weighted by Crippen LogP contribution is -3.00. The van der Waals surface area contributed by atoms with Gasteiger partial charge in [0.15, 0.2) is 0 Å². The molecule has 0 heterocycles. The molecule has 0 aliphatic rings. The number of hydrogen-bond acceptors (Lipinski definition) is 1. The van der Waals surface area contributed by atoms with E-state index in [-0.39, 0.29) is 12.4 Å². The van der Waals surface area contributed by atoms with Gasteiger partial charge in [0.25, 0.3) is 6.74 Å². The van der Waals surface area contributed by atoms with E-state index in [2.05, 4.69) is 388 Å². The maximum Gasteiger partial charge on any atom is 0.301 e. The van der Waals surface area contributed by atoms with E-state index in [9.17, 15) is 0 Å².